The van der Waals surface area contributed by atoms with E-state index in [0.29, 0.717) is 25.0 Å². The number of imidazole rings is 1. The van der Waals surface area contributed by atoms with E-state index >= 15 is 0 Å². The zero-order valence-electron chi connectivity index (χ0n) is 24.2. The third-order valence-corrected chi connectivity index (χ3v) is 6.89. The number of hydrogen-bond acceptors (Lipinski definition) is 6. The van der Waals surface area contributed by atoms with Crippen molar-refractivity contribution in [3.8, 4) is 11.3 Å². The molecule has 2 heterocycles. The second kappa shape index (κ2) is 13.1. The molecule has 0 aliphatic rings. The molecule has 16 heteroatoms. The summed E-state index contributed by atoms with van der Waals surface area (Å²) in [6, 6.07) is -0.0631. The van der Waals surface area contributed by atoms with Gasteiger partial charge in [-0.25, -0.2) is 4.98 Å². The van der Waals surface area contributed by atoms with E-state index in [0.717, 1.165) is 11.2 Å². The Morgan fingerprint density at radius 2 is 1.66 bits per heavy atom. The number of carbonyl (C=O) groups excluding carboxylic acids is 3. The molecule has 2 atom stereocenters. The largest absolute Gasteiger partial charge is 0.530 e. The average Bonchev–Trinajstić information content (AvgIpc) is 3.60. The van der Waals surface area contributed by atoms with Crippen molar-refractivity contribution in [3.63, 3.8) is 0 Å². The lowest BCUT2D eigenvalue weighted by Gasteiger charge is -2.45. The number of benzene rings is 1. The molecule has 3 rings (SSSR count). The van der Waals surface area contributed by atoms with Crippen LogP contribution in [0, 0.1) is 5.41 Å². The Bertz CT molecular complexity index is 1430. The van der Waals surface area contributed by atoms with Crippen molar-refractivity contribution in [1.29, 1.82) is 0 Å². The normalized spacial score (nSPS) is 13.8. The molecular formula is C28H31F6N6O4-. The van der Waals surface area contributed by atoms with Crippen LogP contribution in [0.25, 0.3) is 11.3 Å². The first-order valence-corrected chi connectivity index (χ1v) is 13.5. The van der Waals surface area contributed by atoms with Gasteiger partial charge in [0.15, 0.2) is 0 Å². The second-order valence-electron chi connectivity index (χ2n) is 11.3. The van der Waals surface area contributed by atoms with Gasteiger partial charge in [0.1, 0.15) is 11.9 Å². The highest BCUT2D eigenvalue weighted by Gasteiger charge is 2.40. The number of rotatable bonds is 11. The molecule has 2 amide bonds. The average molecular weight is 630 g/mol. The van der Waals surface area contributed by atoms with E-state index in [1.807, 2.05) is 6.92 Å². The number of Topliss-reactive ketones (excluding diaryl/α,β-unsaturated/α-hetero) is 1. The van der Waals surface area contributed by atoms with E-state index in [4.69, 9.17) is 0 Å². The van der Waals surface area contributed by atoms with Crippen LogP contribution in [0.2, 0.25) is 0 Å². The van der Waals surface area contributed by atoms with E-state index < -0.39 is 64.3 Å². The molecule has 10 nitrogen and oxygen atoms in total. The van der Waals surface area contributed by atoms with Gasteiger partial charge in [0, 0.05) is 24.4 Å². The number of unbranched alkanes of at least 4 members (excludes halogenated alkanes) is 1. The molecule has 240 valence electrons. The van der Waals surface area contributed by atoms with E-state index in [1.54, 1.807) is 20.8 Å². The molecule has 0 spiro atoms. The Balaban J connectivity index is 2.01. The Hall–Kier alpha value is -4.37. The summed E-state index contributed by atoms with van der Waals surface area (Å²) in [5.74, 6) is -2.04. The molecule has 0 saturated heterocycles. The van der Waals surface area contributed by atoms with E-state index in [2.05, 4.69) is 20.5 Å². The Morgan fingerprint density at radius 3 is 2.14 bits per heavy atom. The number of aromatic amines is 1. The third kappa shape index (κ3) is 8.38. The zero-order chi connectivity index (χ0) is 33.0. The van der Waals surface area contributed by atoms with Gasteiger partial charge in [0.2, 0.25) is 5.78 Å². The topological polar surface area (TPSA) is 136 Å². The van der Waals surface area contributed by atoms with Crippen LogP contribution >= 0.6 is 0 Å². The third-order valence-electron chi connectivity index (χ3n) is 6.89. The van der Waals surface area contributed by atoms with Crippen LogP contribution in [-0.2, 0) is 28.5 Å². The molecule has 0 bridgehead atoms. The molecule has 0 aliphatic carbocycles. The number of aromatic nitrogens is 4. The maximum Gasteiger partial charge on any atom is 0.416 e. The molecule has 3 aromatic rings. The predicted octanol–water partition coefficient (Wildman–Crippen LogP) is 5.14. The minimum absolute atomic E-state index is 0.00378. The monoisotopic (exact) mass is 629 g/mol. The Labute approximate surface area is 248 Å². The quantitative estimate of drug-likeness (QED) is 0.223. The number of ketones is 1. The first-order chi connectivity index (χ1) is 20.3. The maximum atomic E-state index is 13.4. The van der Waals surface area contributed by atoms with Gasteiger partial charge in [-0.3, -0.25) is 14.7 Å². The summed E-state index contributed by atoms with van der Waals surface area (Å²) in [5.41, 5.74) is -4.63. The molecule has 0 radical (unpaired) electrons. The van der Waals surface area contributed by atoms with Gasteiger partial charge in [-0.05, 0) is 30.0 Å². The molecule has 0 aliphatic heterocycles. The molecule has 1 aromatic carbocycles. The van der Waals surface area contributed by atoms with Crippen molar-refractivity contribution >= 4 is 23.6 Å². The number of nitrogens with zero attached hydrogens (tertiary/aromatic N) is 4. The Kier molecular flexibility index (Phi) is 10.2. The summed E-state index contributed by atoms with van der Waals surface area (Å²) in [4.78, 5) is 43.5. The number of carbonyl (C=O) groups is 3. The lowest BCUT2D eigenvalue weighted by Crippen LogP contribution is -2.61. The van der Waals surface area contributed by atoms with Gasteiger partial charge < -0.3 is 24.7 Å². The first kappa shape index (κ1) is 34.1. The van der Waals surface area contributed by atoms with Crippen LogP contribution in [0.3, 0.4) is 0 Å². The van der Waals surface area contributed by atoms with Crippen LogP contribution < -0.4 is 10.4 Å². The predicted molar refractivity (Wildman–Crippen MR) is 144 cm³/mol. The molecular weight excluding hydrogens is 598 g/mol. The zero-order valence-corrected chi connectivity index (χ0v) is 24.2. The van der Waals surface area contributed by atoms with E-state index in [9.17, 15) is 45.8 Å². The lowest BCUT2D eigenvalue weighted by atomic mass is 9.84. The molecule has 2 N–H and O–H groups in total. The van der Waals surface area contributed by atoms with Crippen LogP contribution in [0.5, 0.6) is 0 Å². The van der Waals surface area contributed by atoms with Crippen molar-refractivity contribution in [1.82, 2.24) is 24.6 Å². The highest BCUT2D eigenvalue weighted by molar-refractivity contribution is 6.42. The molecule has 0 fully saturated rings. The summed E-state index contributed by atoms with van der Waals surface area (Å²) in [7, 11) is 0. The highest BCUT2D eigenvalue weighted by atomic mass is 19.4. The van der Waals surface area contributed by atoms with Crippen molar-refractivity contribution < 1.29 is 45.8 Å². The van der Waals surface area contributed by atoms with E-state index in [-0.39, 0.29) is 30.5 Å². The van der Waals surface area contributed by atoms with Gasteiger partial charge in [0.25, 0.3) is 5.91 Å². The van der Waals surface area contributed by atoms with Crippen LogP contribution in [0.15, 0.2) is 43.0 Å². The smallest absolute Gasteiger partial charge is 0.416 e. The number of nitrogens with one attached hydrogen (secondary N) is 2. The standard InChI is InChI=1S/C28H32F6N6O4/c1-5-6-7-20(23(41)24(42)37-22-8-9-36-38-22)40(25(43)44)21(26(2,3)4)14-39-13-19(35-15-39)16-10-17(27(29,30)31)12-18(11-16)28(32,33)34/h8-13,15,20-21H,5-7,14H2,1-4H3,(H,43,44)(H2,36,37,38,42)/p-1/t20-,21+/m0/s1. The number of H-pyrrole nitrogens is 1. The Morgan fingerprint density at radius 1 is 1.05 bits per heavy atom. The summed E-state index contributed by atoms with van der Waals surface area (Å²) in [6.07, 6.45) is -7.31. The number of amides is 2. The fourth-order valence-corrected chi connectivity index (χ4v) is 4.62. The summed E-state index contributed by atoms with van der Waals surface area (Å²) in [6.45, 7) is 6.58. The minimum atomic E-state index is -5.06. The summed E-state index contributed by atoms with van der Waals surface area (Å²) in [5, 5.41) is 21.1. The van der Waals surface area contributed by atoms with Crippen molar-refractivity contribution in [2.24, 2.45) is 5.41 Å². The number of halogens is 6. The lowest BCUT2D eigenvalue weighted by molar-refractivity contribution is -0.273. The van der Waals surface area contributed by atoms with Crippen molar-refractivity contribution in [2.75, 3.05) is 5.32 Å². The fourth-order valence-electron chi connectivity index (χ4n) is 4.62. The van der Waals surface area contributed by atoms with Gasteiger partial charge >= 0.3 is 12.4 Å². The number of alkyl halides is 6. The summed E-state index contributed by atoms with van der Waals surface area (Å²) >= 11 is 0. The second-order valence-corrected chi connectivity index (χ2v) is 11.3. The minimum Gasteiger partial charge on any atom is -0.530 e. The molecule has 44 heavy (non-hydrogen) atoms. The van der Waals surface area contributed by atoms with Crippen LogP contribution in [0.4, 0.5) is 37.0 Å². The van der Waals surface area contributed by atoms with Gasteiger partial charge in [-0.15, -0.1) is 0 Å². The SMILES string of the molecule is CCCC[C@@H](C(=O)C(=O)Nc1ccn[nH]1)N(C(=O)[O-])[C@H](Cn1cnc(-c2cc(C(F)(F)F)cc(C(F)(F)F)c2)c1)C(C)(C)C. The number of hydrogen-bond donors (Lipinski definition) is 2. The van der Waals surface area contributed by atoms with Crippen LogP contribution in [-0.4, -0.2) is 54.5 Å². The number of carboxylic acid groups (broad SMARTS) is 1. The van der Waals surface area contributed by atoms with E-state index in [1.165, 1.54) is 23.0 Å². The van der Waals surface area contributed by atoms with Gasteiger partial charge in [0.05, 0.1) is 41.4 Å². The van der Waals surface area contributed by atoms with Crippen LogP contribution in [0.1, 0.15) is 58.1 Å². The molecule has 0 saturated carbocycles. The molecule has 2 aromatic heterocycles. The maximum absolute atomic E-state index is 13.4. The van der Waals surface area contributed by atoms with Gasteiger partial charge in [-0.2, -0.15) is 31.4 Å². The molecule has 0 unspecified atom stereocenters. The summed E-state index contributed by atoms with van der Waals surface area (Å²) < 4.78 is 81.7. The van der Waals surface area contributed by atoms with Crippen molar-refractivity contribution in [3.05, 3.63) is 54.1 Å². The van der Waals surface area contributed by atoms with Gasteiger partial charge in [-0.1, -0.05) is 40.5 Å². The first-order valence-electron chi connectivity index (χ1n) is 13.5. The fraction of sp³-hybridized carbons (Fsp3) is 0.464. The highest BCUT2D eigenvalue weighted by Crippen LogP contribution is 2.38. The van der Waals surface area contributed by atoms with Crippen molar-refractivity contribution in [2.45, 2.75) is 77.9 Å². The number of anilines is 1.